The molecule has 3 nitrogen and oxygen atoms in total. The van der Waals surface area contributed by atoms with E-state index in [1.807, 2.05) is 0 Å². The molecule has 0 amide bonds. The summed E-state index contributed by atoms with van der Waals surface area (Å²) in [5.41, 5.74) is -0.0930. The summed E-state index contributed by atoms with van der Waals surface area (Å²) in [6.07, 6.45) is -4.41. The maximum Gasteiger partial charge on any atom is 0.416 e. The van der Waals surface area contributed by atoms with E-state index < -0.39 is 11.7 Å². The van der Waals surface area contributed by atoms with Crippen molar-refractivity contribution in [3.05, 3.63) is 45.9 Å². The van der Waals surface area contributed by atoms with Gasteiger partial charge in [-0.05, 0) is 47.1 Å². The van der Waals surface area contributed by atoms with Gasteiger partial charge in [0, 0.05) is 5.56 Å². The Morgan fingerprint density at radius 2 is 1.78 bits per heavy atom. The highest BCUT2D eigenvalue weighted by atomic mass is 79.9. The predicted molar refractivity (Wildman–Crippen MR) is 81.4 cm³/mol. The molecule has 0 saturated heterocycles. The summed E-state index contributed by atoms with van der Waals surface area (Å²) in [6.45, 7) is 2.62. The number of benzene rings is 2. The van der Waals surface area contributed by atoms with E-state index in [-0.39, 0.29) is 5.75 Å². The van der Waals surface area contributed by atoms with Crippen LogP contribution in [0.25, 0.3) is 0 Å². The number of halogens is 4. The van der Waals surface area contributed by atoms with Crippen LogP contribution in [0.4, 0.5) is 13.2 Å². The molecular weight excluding hydrogens is 377 g/mol. The summed E-state index contributed by atoms with van der Waals surface area (Å²) in [5.74, 6) is 1.62. The van der Waals surface area contributed by atoms with Gasteiger partial charge in [0.05, 0.1) is 10.0 Å². The lowest BCUT2D eigenvalue weighted by molar-refractivity contribution is -0.137. The number of hydrogen-bond donors (Lipinski definition) is 0. The molecule has 3 rings (SSSR count). The van der Waals surface area contributed by atoms with Crippen LogP contribution in [-0.4, -0.2) is 13.2 Å². The van der Waals surface area contributed by atoms with E-state index in [0.29, 0.717) is 40.5 Å². The average Bonchev–Trinajstić information content (AvgIpc) is 2.52. The van der Waals surface area contributed by atoms with Gasteiger partial charge in [0.25, 0.3) is 0 Å². The highest BCUT2D eigenvalue weighted by molar-refractivity contribution is 9.10. The van der Waals surface area contributed by atoms with E-state index in [1.54, 1.807) is 13.0 Å². The molecule has 1 aliphatic rings. The van der Waals surface area contributed by atoms with Crippen LogP contribution >= 0.6 is 15.9 Å². The molecule has 0 fully saturated rings. The lowest BCUT2D eigenvalue weighted by Gasteiger charge is -2.23. The molecule has 122 valence electrons. The summed E-state index contributed by atoms with van der Waals surface area (Å²) in [7, 11) is 0. The third kappa shape index (κ3) is 3.24. The highest BCUT2D eigenvalue weighted by Gasteiger charge is 2.30. The van der Waals surface area contributed by atoms with Gasteiger partial charge >= 0.3 is 6.18 Å². The first kappa shape index (κ1) is 16.0. The van der Waals surface area contributed by atoms with Gasteiger partial charge in [-0.15, -0.1) is 0 Å². The number of alkyl halides is 3. The Labute approximate surface area is 139 Å². The maximum atomic E-state index is 12.8. The lowest BCUT2D eigenvalue weighted by Crippen LogP contribution is -2.16. The molecule has 0 bridgehead atoms. The quantitative estimate of drug-likeness (QED) is 0.694. The number of fused-ring (bicyclic) bond motifs is 1. The Morgan fingerprint density at radius 1 is 1.09 bits per heavy atom. The van der Waals surface area contributed by atoms with Gasteiger partial charge in [-0.3, -0.25) is 0 Å². The topological polar surface area (TPSA) is 27.7 Å². The van der Waals surface area contributed by atoms with Crippen molar-refractivity contribution < 1.29 is 27.4 Å². The van der Waals surface area contributed by atoms with Crippen LogP contribution in [0.2, 0.25) is 0 Å². The molecule has 0 aromatic heterocycles. The van der Waals surface area contributed by atoms with E-state index in [1.165, 1.54) is 12.1 Å². The van der Waals surface area contributed by atoms with Gasteiger partial charge in [0.15, 0.2) is 11.5 Å². The van der Waals surface area contributed by atoms with Crippen LogP contribution in [0.5, 0.6) is 23.0 Å². The number of hydrogen-bond acceptors (Lipinski definition) is 3. The monoisotopic (exact) mass is 388 g/mol. The molecule has 0 spiro atoms. The first-order valence-electron chi connectivity index (χ1n) is 6.80. The second kappa shape index (κ2) is 5.96. The summed E-state index contributed by atoms with van der Waals surface area (Å²) in [5, 5.41) is 0. The Bertz CT molecular complexity index is 744. The molecule has 2 aromatic rings. The molecule has 0 N–H and O–H groups in total. The fourth-order valence-corrected chi connectivity index (χ4v) is 2.75. The van der Waals surface area contributed by atoms with Gasteiger partial charge in [0.1, 0.15) is 24.7 Å². The van der Waals surface area contributed by atoms with Crippen LogP contribution in [0.15, 0.2) is 34.8 Å². The van der Waals surface area contributed by atoms with E-state index in [4.69, 9.17) is 14.2 Å². The largest absolute Gasteiger partial charge is 0.486 e. The van der Waals surface area contributed by atoms with Gasteiger partial charge in [-0.2, -0.15) is 13.2 Å². The van der Waals surface area contributed by atoms with Gasteiger partial charge in [-0.1, -0.05) is 6.07 Å². The fourth-order valence-electron chi connectivity index (χ4n) is 2.24. The first-order chi connectivity index (χ1) is 10.9. The molecule has 0 radical (unpaired) electrons. The van der Waals surface area contributed by atoms with E-state index >= 15 is 0 Å². The zero-order valence-electron chi connectivity index (χ0n) is 12.0. The first-order valence-corrected chi connectivity index (χ1v) is 7.59. The summed E-state index contributed by atoms with van der Waals surface area (Å²) < 4.78 is 55.7. The van der Waals surface area contributed by atoms with Crippen LogP contribution < -0.4 is 14.2 Å². The fraction of sp³-hybridized carbons (Fsp3) is 0.250. The molecule has 2 aromatic carbocycles. The van der Waals surface area contributed by atoms with Crippen molar-refractivity contribution in [2.45, 2.75) is 13.1 Å². The van der Waals surface area contributed by atoms with E-state index in [9.17, 15) is 13.2 Å². The summed E-state index contributed by atoms with van der Waals surface area (Å²) in [4.78, 5) is 0. The van der Waals surface area contributed by atoms with Crippen LogP contribution in [0.3, 0.4) is 0 Å². The van der Waals surface area contributed by atoms with Crippen LogP contribution in [-0.2, 0) is 6.18 Å². The highest BCUT2D eigenvalue weighted by Crippen LogP contribution is 2.45. The van der Waals surface area contributed by atoms with Gasteiger partial charge in [0.2, 0.25) is 0 Å². The third-order valence-corrected chi connectivity index (χ3v) is 3.95. The average molecular weight is 389 g/mol. The molecule has 0 unspecified atom stereocenters. The van der Waals surface area contributed by atoms with Gasteiger partial charge < -0.3 is 14.2 Å². The molecular formula is C16H12BrF3O3. The molecule has 1 aliphatic heterocycles. The van der Waals surface area contributed by atoms with E-state index in [0.717, 1.165) is 12.1 Å². The lowest BCUT2D eigenvalue weighted by atomic mass is 10.1. The van der Waals surface area contributed by atoms with Crippen molar-refractivity contribution in [3.63, 3.8) is 0 Å². The SMILES string of the molecule is Cc1c(Oc2cccc(C(F)(F)F)c2)cc(Br)c2c1OCCO2. The Kier molecular flexibility index (Phi) is 4.14. The van der Waals surface area contributed by atoms with Crippen molar-refractivity contribution >= 4 is 15.9 Å². The van der Waals surface area contributed by atoms with Crippen molar-refractivity contribution in [3.8, 4) is 23.0 Å². The zero-order chi connectivity index (χ0) is 16.6. The number of ether oxygens (including phenoxy) is 3. The Hall–Kier alpha value is -1.89. The third-order valence-electron chi connectivity index (χ3n) is 3.36. The minimum atomic E-state index is -4.41. The minimum absolute atomic E-state index is 0.103. The standard InChI is InChI=1S/C16H12BrF3O3/c1-9-13(8-12(17)15-14(9)21-5-6-22-15)23-11-4-2-3-10(7-11)16(18,19)20/h2-4,7-8H,5-6H2,1H3. The predicted octanol–water partition coefficient (Wildman–Crippen LogP) is 5.34. The van der Waals surface area contributed by atoms with Crippen LogP contribution in [0, 0.1) is 6.92 Å². The minimum Gasteiger partial charge on any atom is -0.486 e. The second-order valence-corrected chi connectivity index (χ2v) is 5.82. The summed E-state index contributed by atoms with van der Waals surface area (Å²) in [6, 6.07) is 6.40. The molecule has 0 saturated carbocycles. The molecule has 1 heterocycles. The molecule has 0 aliphatic carbocycles. The Morgan fingerprint density at radius 3 is 2.48 bits per heavy atom. The molecule has 23 heavy (non-hydrogen) atoms. The van der Waals surface area contributed by atoms with Crippen molar-refractivity contribution in [2.24, 2.45) is 0 Å². The normalized spacial score (nSPS) is 13.8. The van der Waals surface area contributed by atoms with Crippen molar-refractivity contribution in [1.29, 1.82) is 0 Å². The number of rotatable bonds is 2. The Balaban J connectivity index is 1.96. The van der Waals surface area contributed by atoms with E-state index in [2.05, 4.69) is 15.9 Å². The van der Waals surface area contributed by atoms with Crippen molar-refractivity contribution in [1.82, 2.24) is 0 Å². The smallest absolute Gasteiger partial charge is 0.416 e. The molecule has 7 heteroatoms. The van der Waals surface area contributed by atoms with Gasteiger partial charge in [-0.25, -0.2) is 0 Å². The summed E-state index contributed by atoms with van der Waals surface area (Å²) >= 11 is 3.36. The zero-order valence-corrected chi connectivity index (χ0v) is 13.6. The molecule has 0 atom stereocenters. The van der Waals surface area contributed by atoms with Crippen molar-refractivity contribution in [2.75, 3.05) is 13.2 Å². The second-order valence-electron chi connectivity index (χ2n) is 4.96. The van der Waals surface area contributed by atoms with Crippen LogP contribution in [0.1, 0.15) is 11.1 Å². The maximum absolute atomic E-state index is 12.8.